The van der Waals surface area contributed by atoms with Crippen molar-refractivity contribution in [2.75, 3.05) is 5.75 Å². The highest BCUT2D eigenvalue weighted by atomic mass is 32.2. The topological polar surface area (TPSA) is 23.8 Å². The van der Waals surface area contributed by atoms with Gasteiger partial charge in [-0.3, -0.25) is 0 Å². The number of thioether (sulfide) groups is 1. The Kier molecular flexibility index (Phi) is 4.74. The summed E-state index contributed by atoms with van der Waals surface area (Å²) >= 11 is 7.14. The third kappa shape index (κ3) is 3.10. The first-order valence-electron chi connectivity index (χ1n) is 5.85. The summed E-state index contributed by atoms with van der Waals surface area (Å²) in [6.45, 7) is 0. The number of nitriles is 1. The first-order valence-corrected chi connectivity index (χ1v) is 7.24. The van der Waals surface area contributed by atoms with Crippen LogP contribution in [0.25, 0.3) is 10.8 Å². The second kappa shape index (κ2) is 6.53. The van der Waals surface area contributed by atoms with Crippen LogP contribution in [0.1, 0.15) is 18.4 Å². The zero-order valence-corrected chi connectivity index (χ0v) is 11.6. The van der Waals surface area contributed by atoms with Crippen molar-refractivity contribution in [3.63, 3.8) is 0 Å². The Balaban J connectivity index is 2.15. The molecule has 3 heteroatoms. The Labute approximate surface area is 117 Å². The minimum atomic E-state index is 0.602. The van der Waals surface area contributed by atoms with E-state index in [0.717, 1.165) is 21.9 Å². The lowest BCUT2D eigenvalue weighted by Gasteiger charge is -2.07. The molecule has 2 aromatic carbocycles. The molecule has 0 spiro atoms. The Hall–Kier alpha value is -1.37. The van der Waals surface area contributed by atoms with E-state index in [0.29, 0.717) is 6.42 Å². The predicted molar refractivity (Wildman–Crippen MR) is 83.0 cm³/mol. The van der Waals surface area contributed by atoms with Gasteiger partial charge in [0, 0.05) is 12.0 Å². The van der Waals surface area contributed by atoms with Gasteiger partial charge in [-0.15, -0.1) is 11.8 Å². The van der Waals surface area contributed by atoms with Crippen LogP contribution in [-0.2, 0) is 0 Å². The lowest BCUT2D eigenvalue weighted by molar-refractivity contribution is 0.984. The van der Waals surface area contributed by atoms with Gasteiger partial charge >= 0.3 is 0 Å². The molecule has 18 heavy (non-hydrogen) atoms. The molecule has 0 atom stereocenters. The Bertz CT molecular complexity index is 593. The van der Waals surface area contributed by atoms with Crippen molar-refractivity contribution < 1.29 is 0 Å². The maximum absolute atomic E-state index is 8.50. The maximum Gasteiger partial charge on any atom is 0.0784 e. The van der Waals surface area contributed by atoms with E-state index in [1.807, 2.05) is 18.2 Å². The number of hydrogen-bond acceptors (Lipinski definition) is 3. The molecule has 0 fully saturated rings. The molecule has 0 aliphatic carbocycles. The van der Waals surface area contributed by atoms with Crippen LogP contribution < -0.4 is 0 Å². The van der Waals surface area contributed by atoms with E-state index < -0.39 is 0 Å². The quantitative estimate of drug-likeness (QED) is 0.602. The summed E-state index contributed by atoms with van der Waals surface area (Å²) in [5, 5.41) is 10.9. The third-order valence-corrected chi connectivity index (χ3v) is 4.22. The highest BCUT2D eigenvalue weighted by molar-refractivity contribution is 8.23. The molecular weight excluding hydrogens is 258 g/mol. The molecule has 0 N–H and O–H groups in total. The number of thiocarbonyl (C=S) groups is 1. The summed E-state index contributed by atoms with van der Waals surface area (Å²) in [6, 6.07) is 16.6. The number of hydrogen-bond donors (Lipinski definition) is 0. The van der Waals surface area contributed by atoms with Gasteiger partial charge in [0.15, 0.2) is 0 Å². The lowest BCUT2D eigenvalue weighted by Crippen LogP contribution is -1.94. The van der Waals surface area contributed by atoms with Gasteiger partial charge in [0.2, 0.25) is 0 Å². The molecule has 1 nitrogen and oxygen atoms in total. The summed E-state index contributed by atoms with van der Waals surface area (Å²) < 4.78 is 0.921. The Morgan fingerprint density at radius 1 is 1.17 bits per heavy atom. The minimum absolute atomic E-state index is 0.602. The first kappa shape index (κ1) is 13.1. The molecule has 0 aliphatic heterocycles. The molecule has 0 heterocycles. The lowest BCUT2D eigenvalue weighted by atomic mass is 10.1. The number of rotatable bonds is 4. The van der Waals surface area contributed by atoms with Crippen LogP contribution in [0.4, 0.5) is 0 Å². The summed E-state index contributed by atoms with van der Waals surface area (Å²) in [6.07, 6.45) is 1.50. The number of nitrogens with zero attached hydrogens (tertiary/aromatic N) is 1. The second-order valence-electron chi connectivity index (χ2n) is 3.92. The van der Waals surface area contributed by atoms with Gasteiger partial charge in [-0.2, -0.15) is 5.26 Å². The zero-order valence-electron chi connectivity index (χ0n) is 9.93. The molecule has 90 valence electrons. The molecular formula is C15H13NS2. The predicted octanol–water partition coefficient (Wildman–Crippen LogP) is 4.55. The molecule has 0 saturated carbocycles. The van der Waals surface area contributed by atoms with E-state index in [2.05, 4.69) is 30.3 Å². The van der Waals surface area contributed by atoms with Crippen LogP contribution in [0.5, 0.6) is 0 Å². The van der Waals surface area contributed by atoms with Crippen molar-refractivity contribution in [3.05, 3.63) is 48.0 Å². The van der Waals surface area contributed by atoms with Crippen molar-refractivity contribution >= 4 is 38.9 Å². The summed E-state index contributed by atoms with van der Waals surface area (Å²) in [5.74, 6) is 0.912. The third-order valence-electron chi connectivity index (χ3n) is 2.68. The van der Waals surface area contributed by atoms with E-state index in [4.69, 9.17) is 17.5 Å². The van der Waals surface area contributed by atoms with Gasteiger partial charge in [0.25, 0.3) is 0 Å². The molecule has 0 unspecified atom stereocenters. The Morgan fingerprint density at radius 2 is 1.94 bits per heavy atom. The van der Waals surface area contributed by atoms with Gasteiger partial charge in [-0.05, 0) is 22.9 Å². The van der Waals surface area contributed by atoms with Crippen molar-refractivity contribution in [3.8, 4) is 6.07 Å². The Morgan fingerprint density at radius 3 is 2.78 bits per heavy atom. The molecule has 0 saturated heterocycles. The van der Waals surface area contributed by atoms with Crippen molar-refractivity contribution in [1.82, 2.24) is 0 Å². The van der Waals surface area contributed by atoms with Gasteiger partial charge in [0.1, 0.15) is 0 Å². The second-order valence-corrected chi connectivity index (χ2v) is 5.70. The summed E-state index contributed by atoms with van der Waals surface area (Å²) in [4.78, 5) is 0. The van der Waals surface area contributed by atoms with Crippen LogP contribution in [0.2, 0.25) is 0 Å². The van der Waals surface area contributed by atoms with Crippen LogP contribution in [0.3, 0.4) is 0 Å². The fraction of sp³-hybridized carbons (Fsp3) is 0.200. The summed E-state index contributed by atoms with van der Waals surface area (Å²) in [7, 11) is 0. The SMILES string of the molecule is N#CCCCSC(=S)c1cccc2ccccc12. The van der Waals surface area contributed by atoms with Gasteiger partial charge in [0.05, 0.1) is 10.3 Å². The largest absolute Gasteiger partial charge is 0.198 e. The molecule has 0 radical (unpaired) electrons. The zero-order chi connectivity index (χ0) is 12.8. The molecule has 2 rings (SSSR count). The van der Waals surface area contributed by atoms with Gasteiger partial charge in [-0.25, -0.2) is 0 Å². The number of benzene rings is 2. The number of fused-ring (bicyclic) bond motifs is 1. The molecule has 0 aromatic heterocycles. The standard InChI is InChI=1S/C15H13NS2/c16-10-3-4-11-18-15(17)14-9-5-7-12-6-1-2-8-13(12)14/h1-2,5-9H,3-4,11H2. The van der Waals surface area contributed by atoms with Crippen molar-refractivity contribution in [2.45, 2.75) is 12.8 Å². The highest BCUT2D eigenvalue weighted by Crippen LogP contribution is 2.24. The molecule has 2 aromatic rings. The monoisotopic (exact) mass is 271 g/mol. The van der Waals surface area contributed by atoms with Crippen LogP contribution >= 0.6 is 24.0 Å². The minimum Gasteiger partial charge on any atom is -0.198 e. The van der Waals surface area contributed by atoms with Gasteiger partial charge < -0.3 is 0 Å². The molecule has 0 aliphatic rings. The van der Waals surface area contributed by atoms with E-state index in [-0.39, 0.29) is 0 Å². The first-order chi connectivity index (χ1) is 8.83. The van der Waals surface area contributed by atoms with E-state index in [1.165, 1.54) is 10.8 Å². The van der Waals surface area contributed by atoms with E-state index in [1.54, 1.807) is 11.8 Å². The van der Waals surface area contributed by atoms with Crippen LogP contribution in [0, 0.1) is 11.3 Å². The fourth-order valence-corrected chi connectivity index (χ4v) is 3.03. The fourth-order valence-electron chi connectivity index (χ4n) is 1.80. The van der Waals surface area contributed by atoms with Crippen molar-refractivity contribution in [2.24, 2.45) is 0 Å². The van der Waals surface area contributed by atoms with Crippen molar-refractivity contribution in [1.29, 1.82) is 5.26 Å². The molecule has 0 bridgehead atoms. The average molecular weight is 271 g/mol. The van der Waals surface area contributed by atoms with Crippen LogP contribution in [0.15, 0.2) is 42.5 Å². The smallest absolute Gasteiger partial charge is 0.0784 e. The number of unbranched alkanes of at least 4 members (excludes halogenated alkanes) is 1. The summed E-state index contributed by atoms with van der Waals surface area (Å²) in [5.41, 5.74) is 1.13. The molecule has 0 amide bonds. The van der Waals surface area contributed by atoms with E-state index >= 15 is 0 Å². The normalized spacial score (nSPS) is 10.2. The average Bonchev–Trinajstić information content (AvgIpc) is 2.43. The van der Waals surface area contributed by atoms with Gasteiger partial charge in [-0.1, -0.05) is 54.7 Å². The van der Waals surface area contributed by atoms with E-state index in [9.17, 15) is 0 Å². The highest BCUT2D eigenvalue weighted by Gasteiger charge is 2.06. The maximum atomic E-state index is 8.50. The van der Waals surface area contributed by atoms with Crippen LogP contribution in [-0.4, -0.2) is 9.95 Å².